The molecule has 112 valence electrons. The molecule has 1 fully saturated rings. The second-order valence-electron chi connectivity index (χ2n) is 5.32. The van der Waals surface area contributed by atoms with Gasteiger partial charge in [0.15, 0.2) is 0 Å². The van der Waals surface area contributed by atoms with Gasteiger partial charge in [-0.2, -0.15) is 0 Å². The lowest BCUT2D eigenvalue weighted by Gasteiger charge is -2.27. The second kappa shape index (κ2) is 6.41. The average Bonchev–Trinajstić information content (AvgIpc) is 2.40. The molecule has 0 spiro atoms. The standard InChI is InChI=1S/C14H19ClFNO2S/c1-10-6-7-12(16)8-14(10)20(18,19)17-9-11-4-2-3-5-13(11)15/h6-8,11,13,17H,2-5,9H2,1H3. The molecule has 1 saturated carbocycles. The van der Waals surface area contributed by atoms with Gasteiger partial charge in [-0.25, -0.2) is 17.5 Å². The SMILES string of the molecule is Cc1ccc(F)cc1S(=O)(=O)NCC1CCCCC1Cl. The van der Waals surface area contributed by atoms with Gasteiger partial charge in [-0.15, -0.1) is 11.6 Å². The van der Waals surface area contributed by atoms with Crippen molar-refractivity contribution < 1.29 is 12.8 Å². The normalized spacial score (nSPS) is 23.8. The molecule has 0 heterocycles. The van der Waals surface area contributed by atoms with Crippen molar-refractivity contribution in [1.29, 1.82) is 0 Å². The minimum absolute atomic E-state index is 0.000526. The van der Waals surface area contributed by atoms with Crippen LogP contribution in [0.15, 0.2) is 23.1 Å². The van der Waals surface area contributed by atoms with Crippen molar-refractivity contribution >= 4 is 21.6 Å². The van der Waals surface area contributed by atoms with Gasteiger partial charge in [-0.3, -0.25) is 0 Å². The van der Waals surface area contributed by atoms with Crippen molar-refractivity contribution in [2.45, 2.75) is 42.9 Å². The van der Waals surface area contributed by atoms with Crippen LogP contribution in [-0.4, -0.2) is 20.3 Å². The van der Waals surface area contributed by atoms with E-state index in [1.165, 1.54) is 12.1 Å². The molecule has 6 heteroatoms. The van der Waals surface area contributed by atoms with Gasteiger partial charge in [0.05, 0.1) is 4.90 Å². The fourth-order valence-corrected chi connectivity index (χ4v) is 4.27. The minimum Gasteiger partial charge on any atom is -0.211 e. The lowest BCUT2D eigenvalue weighted by Crippen LogP contribution is -2.35. The fraction of sp³-hybridized carbons (Fsp3) is 0.571. The fourth-order valence-electron chi connectivity index (χ4n) is 2.55. The monoisotopic (exact) mass is 319 g/mol. The van der Waals surface area contributed by atoms with E-state index >= 15 is 0 Å². The Morgan fingerprint density at radius 1 is 1.35 bits per heavy atom. The summed E-state index contributed by atoms with van der Waals surface area (Å²) >= 11 is 6.22. The topological polar surface area (TPSA) is 46.2 Å². The molecule has 1 aliphatic carbocycles. The molecule has 3 nitrogen and oxygen atoms in total. The van der Waals surface area contributed by atoms with Gasteiger partial charge < -0.3 is 0 Å². The van der Waals surface area contributed by atoms with E-state index in [4.69, 9.17) is 11.6 Å². The summed E-state index contributed by atoms with van der Waals surface area (Å²) in [6, 6.07) is 3.77. The van der Waals surface area contributed by atoms with E-state index in [9.17, 15) is 12.8 Å². The van der Waals surface area contributed by atoms with Gasteiger partial charge >= 0.3 is 0 Å². The van der Waals surface area contributed by atoms with Crippen LogP contribution in [0.25, 0.3) is 0 Å². The number of nitrogens with one attached hydrogen (secondary N) is 1. The Hall–Kier alpha value is -0.650. The van der Waals surface area contributed by atoms with E-state index in [-0.39, 0.29) is 16.2 Å². The van der Waals surface area contributed by atoms with Gasteiger partial charge in [0.25, 0.3) is 0 Å². The number of hydrogen-bond donors (Lipinski definition) is 1. The zero-order chi connectivity index (χ0) is 14.8. The third-order valence-corrected chi connectivity index (χ3v) is 5.93. The smallest absolute Gasteiger partial charge is 0.211 e. The highest BCUT2D eigenvalue weighted by Crippen LogP contribution is 2.28. The lowest BCUT2D eigenvalue weighted by atomic mass is 9.89. The molecule has 2 rings (SSSR count). The molecule has 1 aromatic carbocycles. The van der Waals surface area contributed by atoms with E-state index < -0.39 is 15.8 Å². The Morgan fingerprint density at radius 3 is 2.75 bits per heavy atom. The van der Waals surface area contributed by atoms with Crippen molar-refractivity contribution in [2.75, 3.05) is 6.54 Å². The van der Waals surface area contributed by atoms with E-state index in [2.05, 4.69) is 4.72 Å². The Morgan fingerprint density at radius 2 is 2.05 bits per heavy atom. The van der Waals surface area contributed by atoms with Crippen LogP contribution in [0.1, 0.15) is 31.2 Å². The molecule has 0 bridgehead atoms. The molecule has 0 saturated heterocycles. The predicted molar refractivity (Wildman–Crippen MR) is 77.9 cm³/mol. The number of halogens is 2. The first kappa shape index (κ1) is 15.7. The summed E-state index contributed by atoms with van der Waals surface area (Å²) in [5, 5.41) is 0.0139. The largest absolute Gasteiger partial charge is 0.240 e. The highest BCUT2D eigenvalue weighted by molar-refractivity contribution is 7.89. The van der Waals surface area contributed by atoms with Crippen LogP contribution in [-0.2, 0) is 10.0 Å². The summed E-state index contributed by atoms with van der Waals surface area (Å²) in [7, 11) is -3.68. The third kappa shape index (κ3) is 3.71. The molecular formula is C14H19ClFNO2S. The molecule has 2 atom stereocenters. The van der Waals surface area contributed by atoms with Crippen molar-refractivity contribution in [3.8, 4) is 0 Å². The van der Waals surface area contributed by atoms with Gasteiger partial charge in [0.1, 0.15) is 5.82 Å². The molecule has 0 aliphatic heterocycles. The summed E-state index contributed by atoms with van der Waals surface area (Å²) in [6.07, 6.45) is 4.03. The molecule has 1 aromatic rings. The van der Waals surface area contributed by atoms with Crippen LogP contribution >= 0.6 is 11.6 Å². The van der Waals surface area contributed by atoms with Gasteiger partial charge in [-0.05, 0) is 43.4 Å². The highest BCUT2D eigenvalue weighted by Gasteiger charge is 2.25. The van der Waals surface area contributed by atoms with Crippen LogP contribution in [0, 0.1) is 18.7 Å². The highest BCUT2D eigenvalue weighted by atomic mass is 35.5. The second-order valence-corrected chi connectivity index (χ2v) is 7.62. The van der Waals surface area contributed by atoms with Crippen molar-refractivity contribution in [2.24, 2.45) is 5.92 Å². The Balaban J connectivity index is 2.09. The molecule has 20 heavy (non-hydrogen) atoms. The molecule has 0 amide bonds. The molecule has 1 aliphatic rings. The zero-order valence-corrected chi connectivity index (χ0v) is 13.0. The summed E-state index contributed by atoms with van der Waals surface area (Å²) < 4.78 is 40.3. The number of rotatable bonds is 4. The van der Waals surface area contributed by atoms with Crippen LogP contribution in [0.2, 0.25) is 0 Å². The molecule has 0 aromatic heterocycles. The number of alkyl halides is 1. The third-order valence-electron chi connectivity index (χ3n) is 3.79. The first-order valence-electron chi connectivity index (χ1n) is 6.80. The van der Waals surface area contributed by atoms with E-state index in [1.807, 2.05) is 0 Å². The van der Waals surface area contributed by atoms with E-state index in [0.717, 1.165) is 31.7 Å². The zero-order valence-electron chi connectivity index (χ0n) is 11.4. The quantitative estimate of drug-likeness (QED) is 0.866. The van der Waals surface area contributed by atoms with E-state index in [0.29, 0.717) is 12.1 Å². The number of benzene rings is 1. The van der Waals surface area contributed by atoms with E-state index in [1.54, 1.807) is 6.92 Å². The average molecular weight is 320 g/mol. The van der Waals surface area contributed by atoms with Crippen molar-refractivity contribution in [1.82, 2.24) is 4.72 Å². The van der Waals surface area contributed by atoms with Crippen molar-refractivity contribution in [3.05, 3.63) is 29.6 Å². The maximum Gasteiger partial charge on any atom is 0.240 e. The van der Waals surface area contributed by atoms with Crippen LogP contribution in [0.4, 0.5) is 4.39 Å². The summed E-state index contributed by atoms with van der Waals surface area (Å²) in [5.41, 5.74) is 0.532. The lowest BCUT2D eigenvalue weighted by molar-refractivity contribution is 0.364. The summed E-state index contributed by atoms with van der Waals surface area (Å²) in [6.45, 7) is 1.96. The first-order chi connectivity index (χ1) is 9.40. The summed E-state index contributed by atoms with van der Waals surface area (Å²) in [4.78, 5) is -0.000526. The first-order valence-corrected chi connectivity index (χ1v) is 8.72. The van der Waals surface area contributed by atoms with Gasteiger partial charge in [0.2, 0.25) is 10.0 Å². The predicted octanol–water partition coefficient (Wildman–Crippen LogP) is 3.21. The number of sulfonamides is 1. The minimum atomic E-state index is -3.68. The van der Waals surface area contributed by atoms with Crippen molar-refractivity contribution in [3.63, 3.8) is 0 Å². The maximum atomic E-state index is 13.2. The van der Waals surface area contributed by atoms with Gasteiger partial charge in [0, 0.05) is 11.9 Å². The molecular weight excluding hydrogens is 301 g/mol. The Labute approximate surface area is 124 Å². The van der Waals surface area contributed by atoms with Gasteiger partial charge in [-0.1, -0.05) is 18.9 Å². The van der Waals surface area contributed by atoms with Crippen LogP contribution in [0.5, 0.6) is 0 Å². The van der Waals surface area contributed by atoms with Crippen LogP contribution < -0.4 is 4.72 Å². The maximum absolute atomic E-state index is 13.2. The molecule has 2 unspecified atom stereocenters. The molecule has 0 radical (unpaired) electrons. The van der Waals surface area contributed by atoms with Crippen LogP contribution in [0.3, 0.4) is 0 Å². The molecule has 1 N–H and O–H groups in total. The number of hydrogen-bond acceptors (Lipinski definition) is 2. The number of aryl methyl sites for hydroxylation is 1. The Bertz CT molecular complexity index is 577. The summed E-state index contributed by atoms with van der Waals surface area (Å²) in [5.74, 6) is -0.405. The Kier molecular flexibility index (Phi) is 5.04.